The van der Waals surface area contributed by atoms with Crippen LogP contribution in [0.2, 0.25) is 0 Å². The molecule has 3 rings (SSSR count). The fourth-order valence-electron chi connectivity index (χ4n) is 3.90. The first-order valence-corrected chi connectivity index (χ1v) is 9.06. The molecule has 2 fully saturated rings. The summed E-state index contributed by atoms with van der Waals surface area (Å²) in [6, 6.07) is 0.904. The minimum Gasteiger partial charge on any atom is -0.395 e. The zero-order chi connectivity index (χ0) is 16.2. The highest BCUT2D eigenvalue weighted by atomic mass is 16.5. The fourth-order valence-corrected chi connectivity index (χ4v) is 3.90. The van der Waals surface area contributed by atoms with E-state index in [0.717, 1.165) is 50.7 Å². The molecule has 0 radical (unpaired) electrons. The van der Waals surface area contributed by atoms with Crippen molar-refractivity contribution in [2.75, 3.05) is 26.2 Å². The standard InChI is InChI=1S/C17H30N4O2/c1-13(2)9-16-18-17(23-19-16)11-21-8-3-5-14(21)10-20-7-4-6-15(20)12-22/h13-15,22H,3-12H2,1-2H3/t14-,15+/m1/s1. The average molecular weight is 322 g/mol. The van der Waals surface area contributed by atoms with Crippen LogP contribution in [0.3, 0.4) is 0 Å². The van der Waals surface area contributed by atoms with Crippen LogP contribution in [0.5, 0.6) is 0 Å². The molecule has 0 saturated carbocycles. The highest BCUT2D eigenvalue weighted by Gasteiger charge is 2.31. The van der Waals surface area contributed by atoms with E-state index in [1.807, 2.05) is 0 Å². The Bertz CT molecular complexity index is 491. The van der Waals surface area contributed by atoms with E-state index >= 15 is 0 Å². The maximum absolute atomic E-state index is 9.50. The van der Waals surface area contributed by atoms with E-state index in [0.29, 0.717) is 18.0 Å². The third-order valence-electron chi connectivity index (χ3n) is 5.09. The second-order valence-corrected chi connectivity index (χ2v) is 7.44. The molecule has 3 heterocycles. The van der Waals surface area contributed by atoms with Crippen LogP contribution in [0.25, 0.3) is 0 Å². The Kier molecular flexibility index (Phi) is 5.67. The lowest BCUT2D eigenvalue weighted by Gasteiger charge is -2.30. The van der Waals surface area contributed by atoms with Gasteiger partial charge in [-0.05, 0) is 44.7 Å². The highest BCUT2D eigenvalue weighted by Crippen LogP contribution is 2.24. The van der Waals surface area contributed by atoms with Gasteiger partial charge < -0.3 is 9.63 Å². The summed E-state index contributed by atoms with van der Waals surface area (Å²) in [5, 5.41) is 13.6. The van der Waals surface area contributed by atoms with Crippen molar-refractivity contribution < 1.29 is 9.63 Å². The summed E-state index contributed by atoms with van der Waals surface area (Å²) in [4.78, 5) is 9.47. The van der Waals surface area contributed by atoms with Crippen molar-refractivity contribution in [1.29, 1.82) is 0 Å². The van der Waals surface area contributed by atoms with Gasteiger partial charge in [0.15, 0.2) is 5.82 Å². The number of hydrogen-bond donors (Lipinski definition) is 1. The number of likely N-dealkylation sites (tertiary alicyclic amines) is 2. The smallest absolute Gasteiger partial charge is 0.240 e. The van der Waals surface area contributed by atoms with E-state index in [2.05, 4.69) is 33.8 Å². The van der Waals surface area contributed by atoms with E-state index in [1.54, 1.807) is 0 Å². The lowest BCUT2D eigenvalue weighted by atomic mass is 10.1. The van der Waals surface area contributed by atoms with Crippen LogP contribution in [0.4, 0.5) is 0 Å². The molecule has 6 nitrogen and oxygen atoms in total. The van der Waals surface area contributed by atoms with Crippen LogP contribution in [-0.2, 0) is 13.0 Å². The Labute approximate surface area is 138 Å². The molecule has 0 amide bonds. The van der Waals surface area contributed by atoms with Gasteiger partial charge in [-0.25, -0.2) is 0 Å². The third-order valence-corrected chi connectivity index (χ3v) is 5.09. The summed E-state index contributed by atoms with van der Waals surface area (Å²) in [6.07, 6.45) is 5.67. The van der Waals surface area contributed by atoms with Crippen LogP contribution in [0.1, 0.15) is 51.2 Å². The number of aliphatic hydroxyl groups is 1. The minimum absolute atomic E-state index is 0.287. The van der Waals surface area contributed by atoms with E-state index in [4.69, 9.17) is 4.52 Å². The largest absolute Gasteiger partial charge is 0.395 e. The predicted octanol–water partition coefficient (Wildman–Crippen LogP) is 1.69. The van der Waals surface area contributed by atoms with Gasteiger partial charge in [-0.3, -0.25) is 9.80 Å². The van der Waals surface area contributed by atoms with Gasteiger partial charge in [-0.1, -0.05) is 19.0 Å². The Morgan fingerprint density at radius 2 is 1.91 bits per heavy atom. The van der Waals surface area contributed by atoms with Crippen LogP contribution in [0.15, 0.2) is 4.52 Å². The van der Waals surface area contributed by atoms with Gasteiger partial charge in [0.05, 0.1) is 13.2 Å². The molecular weight excluding hydrogens is 292 g/mol. The summed E-state index contributed by atoms with van der Waals surface area (Å²) in [5.74, 6) is 2.11. The molecule has 23 heavy (non-hydrogen) atoms. The quantitative estimate of drug-likeness (QED) is 0.824. The molecule has 0 spiro atoms. The number of rotatable bonds is 7. The molecule has 0 aromatic carbocycles. The molecule has 1 N–H and O–H groups in total. The minimum atomic E-state index is 0.287. The zero-order valence-corrected chi connectivity index (χ0v) is 14.4. The summed E-state index contributed by atoms with van der Waals surface area (Å²) in [5.41, 5.74) is 0. The second kappa shape index (κ2) is 7.73. The average Bonchev–Trinajstić information content (AvgIpc) is 3.22. The van der Waals surface area contributed by atoms with Crippen molar-refractivity contribution >= 4 is 0 Å². The monoisotopic (exact) mass is 322 g/mol. The van der Waals surface area contributed by atoms with Crippen molar-refractivity contribution in [2.24, 2.45) is 5.92 Å². The number of aromatic nitrogens is 2. The Hall–Kier alpha value is -0.980. The third kappa shape index (κ3) is 4.31. The first-order chi connectivity index (χ1) is 11.2. The lowest BCUT2D eigenvalue weighted by molar-refractivity contribution is 0.115. The summed E-state index contributed by atoms with van der Waals surface area (Å²) in [6.45, 7) is 8.65. The fraction of sp³-hybridized carbons (Fsp3) is 0.882. The molecule has 1 aromatic rings. The van der Waals surface area contributed by atoms with Gasteiger partial charge in [0.2, 0.25) is 5.89 Å². The highest BCUT2D eigenvalue weighted by molar-refractivity contribution is 4.92. The topological polar surface area (TPSA) is 65.6 Å². The summed E-state index contributed by atoms with van der Waals surface area (Å²) in [7, 11) is 0. The van der Waals surface area contributed by atoms with Crippen LogP contribution < -0.4 is 0 Å². The molecule has 0 bridgehead atoms. The van der Waals surface area contributed by atoms with Crippen molar-refractivity contribution in [3.05, 3.63) is 11.7 Å². The van der Waals surface area contributed by atoms with E-state index < -0.39 is 0 Å². The summed E-state index contributed by atoms with van der Waals surface area (Å²) < 4.78 is 5.43. The molecule has 6 heteroatoms. The second-order valence-electron chi connectivity index (χ2n) is 7.44. The first-order valence-electron chi connectivity index (χ1n) is 9.06. The summed E-state index contributed by atoms with van der Waals surface area (Å²) >= 11 is 0. The van der Waals surface area contributed by atoms with Gasteiger partial charge in [0.1, 0.15) is 0 Å². The van der Waals surface area contributed by atoms with E-state index in [-0.39, 0.29) is 6.61 Å². The Balaban J connectivity index is 1.55. The van der Waals surface area contributed by atoms with Crippen LogP contribution in [0, 0.1) is 5.92 Å². The molecule has 0 unspecified atom stereocenters. The van der Waals surface area contributed by atoms with Crippen molar-refractivity contribution in [3.63, 3.8) is 0 Å². The molecule has 2 atom stereocenters. The number of hydrogen-bond acceptors (Lipinski definition) is 6. The number of nitrogens with zero attached hydrogens (tertiary/aromatic N) is 4. The van der Waals surface area contributed by atoms with E-state index in [1.165, 1.54) is 19.3 Å². The SMILES string of the molecule is CC(C)Cc1noc(CN2CCC[C@@H]2CN2CCC[C@H]2CO)n1. The molecule has 2 aliphatic rings. The maximum Gasteiger partial charge on any atom is 0.240 e. The molecule has 2 aliphatic heterocycles. The predicted molar refractivity (Wildman–Crippen MR) is 88.0 cm³/mol. The maximum atomic E-state index is 9.50. The molecule has 2 saturated heterocycles. The van der Waals surface area contributed by atoms with Crippen molar-refractivity contribution in [2.45, 2.75) is 64.6 Å². The van der Waals surface area contributed by atoms with Crippen molar-refractivity contribution in [1.82, 2.24) is 19.9 Å². The molecule has 1 aromatic heterocycles. The Morgan fingerprint density at radius 1 is 1.17 bits per heavy atom. The van der Waals surface area contributed by atoms with Crippen LogP contribution >= 0.6 is 0 Å². The number of aliphatic hydroxyl groups excluding tert-OH is 1. The lowest BCUT2D eigenvalue weighted by Crippen LogP contribution is -2.43. The Morgan fingerprint density at radius 3 is 2.65 bits per heavy atom. The van der Waals surface area contributed by atoms with Crippen molar-refractivity contribution in [3.8, 4) is 0 Å². The normalized spacial score (nSPS) is 26.6. The van der Waals surface area contributed by atoms with E-state index in [9.17, 15) is 5.11 Å². The van der Waals surface area contributed by atoms with Gasteiger partial charge in [0, 0.05) is 25.0 Å². The first kappa shape index (κ1) is 16.9. The van der Waals surface area contributed by atoms with Gasteiger partial charge in [0.25, 0.3) is 0 Å². The van der Waals surface area contributed by atoms with Gasteiger partial charge in [-0.15, -0.1) is 0 Å². The molecule has 0 aliphatic carbocycles. The van der Waals surface area contributed by atoms with Crippen LogP contribution in [-0.4, -0.2) is 63.4 Å². The van der Waals surface area contributed by atoms with Gasteiger partial charge in [-0.2, -0.15) is 4.98 Å². The molecule has 130 valence electrons. The molecular formula is C17H30N4O2. The van der Waals surface area contributed by atoms with Gasteiger partial charge >= 0.3 is 0 Å². The zero-order valence-electron chi connectivity index (χ0n) is 14.4.